The van der Waals surface area contributed by atoms with E-state index >= 15 is 13.6 Å². The summed E-state index contributed by atoms with van der Waals surface area (Å²) < 4.78 is 119. The van der Waals surface area contributed by atoms with Crippen LogP contribution in [0.2, 0.25) is 5.02 Å². The van der Waals surface area contributed by atoms with Crippen LogP contribution >= 0.6 is 11.6 Å². The first-order valence-corrected chi connectivity index (χ1v) is 21.7. The number of sulfonamides is 1. The van der Waals surface area contributed by atoms with Crippen LogP contribution < -0.4 is 20.5 Å². The fraction of sp³-hybridized carbons (Fsp3) is 0.375. The Labute approximate surface area is 354 Å². The first-order chi connectivity index (χ1) is 29.3. The van der Waals surface area contributed by atoms with Gasteiger partial charge in [-0.05, 0) is 67.4 Å². The average Bonchev–Trinajstić information content (AvgIpc) is 3.73. The Morgan fingerprint density at radius 1 is 1.00 bits per heavy atom. The molecular weight excluding hydrogens is 866 g/mol. The minimum absolute atomic E-state index is 0.00596. The monoisotopic (exact) mass is 902 g/mol. The van der Waals surface area contributed by atoms with E-state index < -0.39 is 87.7 Å². The number of likely N-dealkylation sites (N-methyl/N-ethyl adjacent to an activating group) is 1. The molecule has 3 aromatic heterocycles. The summed E-state index contributed by atoms with van der Waals surface area (Å²) in [5.74, 6) is -8.86. The lowest BCUT2D eigenvalue weighted by molar-refractivity contribution is -0.123. The molecule has 22 heteroatoms. The van der Waals surface area contributed by atoms with Gasteiger partial charge in [-0.3, -0.25) is 28.2 Å². The Morgan fingerprint density at radius 2 is 1.71 bits per heavy atom. The molecule has 3 aromatic carbocycles. The van der Waals surface area contributed by atoms with Crippen molar-refractivity contribution in [3.63, 3.8) is 0 Å². The summed E-state index contributed by atoms with van der Waals surface area (Å²) in [7, 11) is -0.429. The maximum absolute atomic E-state index is 15.5. The van der Waals surface area contributed by atoms with E-state index in [1.54, 1.807) is 18.2 Å². The molecule has 2 N–H and O–H groups in total. The zero-order valence-corrected chi connectivity index (χ0v) is 34.7. The molecule has 3 atom stereocenters. The van der Waals surface area contributed by atoms with E-state index in [9.17, 15) is 30.8 Å². The molecule has 14 nitrogen and oxygen atoms in total. The quantitative estimate of drug-likeness (QED) is 0.155. The van der Waals surface area contributed by atoms with E-state index in [2.05, 4.69) is 30.0 Å². The number of hydrogen-bond acceptors (Lipinski definition) is 9. The number of nitrogens with zero attached hydrogens (tertiary/aromatic N) is 8. The normalized spacial score (nSPS) is 19.0. The second-order valence-corrected chi connectivity index (χ2v) is 18.2. The highest BCUT2D eigenvalue weighted by Crippen LogP contribution is 2.68. The predicted octanol–water partition coefficient (Wildman–Crippen LogP) is 5.77. The lowest BCUT2D eigenvalue weighted by Gasteiger charge is -2.34. The summed E-state index contributed by atoms with van der Waals surface area (Å²) in [6.45, 7) is 1.88. The predicted molar refractivity (Wildman–Crippen MR) is 218 cm³/mol. The molecule has 326 valence electrons. The van der Waals surface area contributed by atoms with Crippen LogP contribution in [0.1, 0.15) is 53.1 Å². The number of aromatic nitrogens is 6. The highest BCUT2D eigenvalue weighted by molar-refractivity contribution is 7.92. The third-order valence-electron chi connectivity index (χ3n) is 11.7. The molecule has 3 aliphatic rings. The van der Waals surface area contributed by atoms with Crippen molar-refractivity contribution in [3.05, 3.63) is 104 Å². The lowest BCUT2D eigenvalue weighted by atomic mass is 10.0. The average molecular weight is 903 g/mol. The zero-order chi connectivity index (χ0) is 44.2. The summed E-state index contributed by atoms with van der Waals surface area (Å²) in [6.07, 6.45) is -2.71. The molecule has 1 aliphatic heterocycles. The van der Waals surface area contributed by atoms with Crippen molar-refractivity contribution in [1.82, 2.24) is 39.3 Å². The molecule has 1 amide bonds. The Morgan fingerprint density at radius 3 is 2.39 bits per heavy atom. The molecule has 0 unspecified atom stereocenters. The number of carbonyl (C=O) groups excluding carboxylic acids is 1. The van der Waals surface area contributed by atoms with Crippen LogP contribution in [0, 0.1) is 17.6 Å². The van der Waals surface area contributed by atoms with Crippen molar-refractivity contribution in [2.75, 3.05) is 49.1 Å². The SMILES string of the molecule is CN1CCN(c2ccc3c(=O)n(-c4ccc(Cl)c5c(NS(C)(=O)=O)nn(C)c45)c([C@H](Cc4cc(F)cc(F)c4)NC(=O)Cn4nc(C(F)F)c5c4C(F)(F)[C@@H]4C[C@H]54)nc3c2)CC1. The van der Waals surface area contributed by atoms with Crippen LogP contribution in [0.3, 0.4) is 0 Å². The number of piperazine rings is 1. The van der Waals surface area contributed by atoms with Crippen molar-refractivity contribution in [2.24, 2.45) is 13.0 Å². The van der Waals surface area contributed by atoms with Crippen molar-refractivity contribution >= 4 is 60.8 Å². The van der Waals surface area contributed by atoms with Gasteiger partial charge in [-0.25, -0.2) is 31.0 Å². The summed E-state index contributed by atoms with van der Waals surface area (Å²) in [5.41, 5.74) is -1.50. The van der Waals surface area contributed by atoms with Gasteiger partial charge in [0.2, 0.25) is 15.9 Å². The number of fused-ring (bicyclic) bond motifs is 5. The van der Waals surface area contributed by atoms with Crippen molar-refractivity contribution in [2.45, 2.75) is 43.7 Å². The van der Waals surface area contributed by atoms with Gasteiger partial charge in [-0.2, -0.15) is 19.0 Å². The van der Waals surface area contributed by atoms with Gasteiger partial charge in [0.15, 0.2) is 5.82 Å². The Balaban J connectivity index is 1.24. The maximum atomic E-state index is 15.5. The summed E-state index contributed by atoms with van der Waals surface area (Å²) in [5, 5.41) is 11.0. The highest BCUT2D eigenvalue weighted by Gasteiger charge is 2.67. The molecule has 6 aromatic rings. The number of rotatable bonds is 11. The third-order valence-corrected chi connectivity index (χ3v) is 12.5. The van der Waals surface area contributed by atoms with Gasteiger partial charge in [0.1, 0.15) is 35.4 Å². The molecular formula is C40H37ClF6N10O4S. The second kappa shape index (κ2) is 15.0. The van der Waals surface area contributed by atoms with Crippen LogP contribution in [0.25, 0.3) is 27.5 Å². The summed E-state index contributed by atoms with van der Waals surface area (Å²) >= 11 is 6.64. The van der Waals surface area contributed by atoms with Gasteiger partial charge >= 0.3 is 0 Å². The Kier molecular flexibility index (Phi) is 10.1. The van der Waals surface area contributed by atoms with E-state index in [-0.39, 0.29) is 61.7 Å². The molecule has 1 saturated heterocycles. The second-order valence-electron chi connectivity index (χ2n) is 16.0. The molecule has 9 rings (SSSR count). The molecule has 4 heterocycles. The van der Waals surface area contributed by atoms with Crippen LogP contribution in [-0.4, -0.2) is 87.8 Å². The van der Waals surface area contributed by atoms with Gasteiger partial charge in [-0.1, -0.05) is 11.6 Å². The molecule has 2 fully saturated rings. The number of halogens is 7. The van der Waals surface area contributed by atoms with E-state index in [1.807, 2.05) is 7.05 Å². The molecule has 0 bridgehead atoms. The fourth-order valence-corrected chi connectivity index (χ4v) is 9.57. The minimum atomic E-state index is -3.90. The van der Waals surface area contributed by atoms with Crippen LogP contribution in [-0.2, 0) is 40.8 Å². The van der Waals surface area contributed by atoms with Gasteiger partial charge in [0.25, 0.3) is 17.9 Å². The van der Waals surface area contributed by atoms with Crippen molar-refractivity contribution in [1.29, 1.82) is 0 Å². The molecule has 0 radical (unpaired) electrons. The van der Waals surface area contributed by atoms with Gasteiger partial charge in [-0.15, -0.1) is 0 Å². The first-order valence-electron chi connectivity index (χ1n) is 19.4. The summed E-state index contributed by atoms with van der Waals surface area (Å²) in [4.78, 5) is 38.4. The van der Waals surface area contributed by atoms with E-state index in [0.717, 1.165) is 41.7 Å². The number of amides is 1. The molecule has 2 aliphatic carbocycles. The topological polar surface area (TPSA) is 152 Å². The van der Waals surface area contributed by atoms with Gasteiger partial charge in [0, 0.05) is 62.9 Å². The van der Waals surface area contributed by atoms with Crippen molar-refractivity contribution in [3.8, 4) is 5.69 Å². The molecule has 0 spiro atoms. The van der Waals surface area contributed by atoms with Gasteiger partial charge < -0.3 is 15.1 Å². The molecule has 62 heavy (non-hydrogen) atoms. The van der Waals surface area contributed by atoms with Crippen molar-refractivity contribution < 1.29 is 39.6 Å². The number of carbonyl (C=O) groups is 1. The van der Waals surface area contributed by atoms with E-state index in [0.29, 0.717) is 23.8 Å². The number of benzene rings is 3. The fourth-order valence-electron chi connectivity index (χ4n) is 8.83. The highest BCUT2D eigenvalue weighted by atomic mass is 35.5. The standard InChI is InChI=1S/C40H37ClF6N10O4S/c1-53-8-10-55(11-9-53)22-4-5-23-27(16-22)49-38(57(39(23)59)29-7-6-26(41)32-34(29)54(2)51-37(32)52-62(3,60)61)28(14-19-12-20(42)15-21(43)13-19)48-30(58)18-56-35-31(33(50-56)36(44)45)24-17-25(24)40(35,46)47/h4-7,12-13,15-16,24-25,28,36H,8-11,14,17-18H2,1-3H3,(H,48,58)(H,51,52)/t24-,25+,28-/m0/s1. The van der Waals surface area contributed by atoms with Gasteiger partial charge in [0.05, 0.1) is 44.8 Å². The first kappa shape index (κ1) is 41.7. The van der Waals surface area contributed by atoms with Crippen LogP contribution in [0.4, 0.5) is 37.8 Å². The summed E-state index contributed by atoms with van der Waals surface area (Å²) in [6, 6.07) is 9.05. The van der Waals surface area contributed by atoms with E-state index in [4.69, 9.17) is 16.6 Å². The largest absolute Gasteiger partial charge is 0.369 e. The smallest absolute Gasteiger partial charge is 0.293 e. The van der Waals surface area contributed by atoms with Crippen LogP contribution in [0.15, 0.2) is 53.3 Å². The Bertz CT molecular complexity index is 2980. The Hall–Kier alpha value is -5.67. The number of nitrogens with one attached hydrogen (secondary N) is 2. The lowest BCUT2D eigenvalue weighted by Crippen LogP contribution is -2.44. The van der Waals surface area contributed by atoms with E-state index in [1.165, 1.54) is 23.9 Å². The zero-order valence-electron chi connectivity index (χ0n) is 33.1. The number of anilines is 2. The number of hydrogen-bond donors (Lipinski definition) is 2. The number of alkyl halides is 4. The van der Waals surface area contributed by atoms with Crippen LogP contribution in [0.5, 0.6) is 0 Å². The maximum Gasteiger partial charge on any atom is 0.293 e. The third kappa shape index (κ3) is 7.32. The number of aryl methyl sites for hydroxylation is 1. The molecule has 1 saturated carbocycles. The minimum Gasteiger partial charge on any atom is -0.369 e.